The molecule has 0 atom stereocenters. The van der Waals surface area contributed by atoms with Crippen LogP contribution in [0.25, 0.3) is 11.1 Å². The number of rotatable bonds is 4. The van der Waals surface area contributed by atoms with Crippen LogP contribution in [-0.2, 0) is 0 Å². The number of pyridine rings is 1. The quantitative estimate of drug-likeness (QED) is 0.800. The van der Waals surface area contributed by atoms with Crippen LogP contribution in [0.4, 0.5) is 4.39 Å². The lowest BCUT2D eigenvalue weighted by Crippen LogP contribution is -1.99. The van der Waals surface area contributed by atoms with Crippen LogP contribution in [0, 0.1) is 17.3 Å². The highest BCUT2D eigenvalue weighted by molar-refractivity contribution is 5.73. The molecule has 5 heteroatoms. The number of hydrogen-bond acceptors (Lipinski definition) is 4. The van der Waals surface area contributed by atoms with E-state index in [1.807, 2.05) is 13.8 Å². The molecule has 0 bridgehead atoms. The summed E-state index contributed by atoms with van der Waals surface area (Å²) in [5.41, 5.74) is 1.82. The van der Waals surface area contributed by atoms with Gasteiger partial charge in [-0.25, -0.2) is 9.37 Å². The summed E-state index contributed by atoms with van der Waals surface area (Å²) in [5.74, 6) is 0.411. The molecule has 2 rings (SSSR count). The Bertz CT molecular complexity index is 693. The van der Waals surface area contributed by atoms with Gasteiger partial charge in [-0.2, -0.15) is 0 Å². The molecule has 0 N–H and O–H groups in total. The summed E-state index contributed by atoms with van der Waals surface area (Å²) in [4.78, 5) is 4.02. The van der Waals surface area contributed by atoms with Gasteiger partial charge in [-0.15, -0.1) is 5.26 Å². The van der Waals surface area contributed by atoms with Crippen LogP contribution in [0.1, 0.15) is 25.3 Å². The minimum Gasteiger partial charge on any atom is -0.481 e. The lowest BCUT2D eigenvalue weighted by Gasteiger charge is -2.15. The topological polar surface area (TPSA) is 55.1 Å². The zero-order chi connectivity index (χ0) is 15.4. The Hall–Kier alpha value is -2.61. The average Bonchev–Trinajstić information content (AvgIpc) is 2.48. The van der Waals surface area contributed by atoms with E-state index in [2.05, 4.69) is 4.98 Å². The largest absolute Gasteiger partial charge is 0.481 e. The van der Waals surface area contributed by atoms with Gasteiger partial charge in [0.05, 0.1) is 7.11 Å². The van der Waals surface area contributed by atoms with Crippen LogP contribution in [0.5, 0.6) is 11.6 Å². The summed E-state index contributed by atoms with van der Waals surface area (Å²) in [7, 11) is 1.50. The first-order chi connectivity index (χ1) is 10.1. The molecule has 21 heavy (non-hydrogen) atoms. The molecule has 0 radical (unpaired) electrons. The first-order valence-corrected chi connectivity index (χ1v) is 6.46. The van der Waals surface area contributed by atoms with Crippen LogP contribution in [0.3, 0.4) is 0 Å². The predicted octanol–water partition coefficient (Wildman–Crippen LogP) is 3.88. The van der Waals surface area contributed by atoms with E-state index in [0.717, 1.165) is 0 Å². The molecule has 4 nitrogen and oxygen atoms in total. The second-order valence-corrected chi connectivity index (χ2v) is 4.81. The summed E-state index contributed by atoms with van der Waals surface area (Å²) < 4.78 is 24.1. The third-order valence-corrected chi connectivity index (χ3v) is 3.11. The van der Waals surface area contributed by atoms with Crippen molar-refractivity contribution < 1.29 is 13.9 Å². The number of benzene rings is 1. The van der Waals surface area contributed by atoms with E-state index >= 15 is 0 Å². The van der Waals surface area contributed by atoms with Crippen molar-refractivity contribution in [3.63, 3.8) is 0 Å². The van der Waals surface area contributed by atoms with Gasteiger partial charge in [-0.1, -0.05) is 13.8 Å². The lowest BCUT2D eigenvalue weighted by molar-refractivity contribution is 0.398. The van der Waals surface area contributed by atoms with Crippen LogP contribution < -0.4 is 9.47 Å². The van der Waals surface area contributed by atoms with Crippen molar-refractivity contribution in [1.82, 2.24) is 4.98 Å². The number of nitriles is 1. The molecule has 1 heterocycles. The van der Waals surface area contributed by atoms with E-state index < -0.39 is 0 Å². The minimum atomic E-state index is -0.380. The molecule has 0 saturated heterocycles. The van der Waals surface area contributed by atoms with Gasteiger partial charge in [0.25, 0.3) is 6.26 Å². The van der Waals surface area contributed by atoms with E-state index in [4.69, 9.17) is 14.7 Å². The fourth-order valence-electron chi connectivity index (χ4n) is 2.11. The van der Waals surface area contributed by atoms with Crippen LogP contribution in [0.15, 0.2) is 30.5 Å². The molecule has 1 aromatic heterocycles. The molecule has 0 fully saturated rings. The van der Waals surface area contributed by atoms with Gasteiger partial charge in [0.2, 0.25) is 5.88 Å². The summed E-state index contributed by atoms with van der Waals surface area (Å²) in [6.07, 6.45) is 3.23. The molecule has 108 valence electrons. The number of methoxy groups -OCH3 is 1. The van der Waals surface area contributed by atoms with Gasteiger partial charge >= 0.3 is 0 Å². The Morgan fingerprint density at radius 2 is 2.05 bits per heavy atom. The number of nitrogens with zero attached hydrogens (tertiary/aromatic N) is 2. The second-order valence-electron chi connectivity index (χ2n) is 4.81. The van der Waals surface area contributed by atoms with Crippen LogP contribution in [0.2, 0.25) is 0 Å². The number of aromatic nitrogens is 1. The third-order valence-electron chi connectivity index (χ3n) is 3.11. The molecule has 0 unspecified atom stereocenters. The maximum Gasteiger partial charge on any atom is 0.292 e. The molecule has 0 saturated carbocycles. The maximum atomic E-state index is 13.9. The highest BCUT2D eigenvalue weighted by atomic mass is 19.1. The van der Waals surface area contributed by atoms with Crippen molar-refractivity contribution in [2.75, 3.05) is 7.11 Å². The number of halogens is 1. The van der Waals surface area contributed by atoms with Gasteiger partial charge in [-0.05, 0) is 29.7 Å². The van der Waals surface area contributed by atoms with Crippen molar-refractivity contribution in [2.24, 2.45) is 0 Å². The first-order valence-electron chi connectivity index (χ1n) is 6.46. The monoisotopic (exact) mass is 286 g/mol. The first kappa shape index (κ1) is 14.8. The van der Waals surface area contributed by atoms with Gasteiger partial charge < -0.3 is 9.47 Å². The Labute approximate surface area is 122 Å². The Morgan fingerprint density at radius 3 is 2.67 bits per heavy atom. The maximum absolute atomic E-state index is 13.9. The lowest BCUT2D eigenvalue weighted by atomic mass is 9.95. The molecule has 0 aliphatic heterocycles. The van der Waals surface area contributed by atoms with Gasteiger partial charge in [0, 0.05) is 23.4 Å². The van der Waals surface area contributed by atoms with E-state index in [1.165, 1.54) is 19.2 Å². The van der Waals surface area contributed by atoms with Gasteiger partial charge in [-0.3, -0.25) is 0 Å². The van der Waals surface area contributed by atoms with Crippen molar-refractivity contribution in [2.45, 2.75) is 19.8 Å². The zero-order valence-electron chi connectivity index (χ0n) is 12.1. The Kier molecular flexibility index (Phi) is 4.39. The van der Waals surface area contributed by atoms with Crippen LogP contribution >= 0.6 is 0 Å². The Morgan fingerprint density at radius 1 is 1.29 bits per heavy atom. The molecule has 0 amide bonds. The summed E-state index contributed by atoms with van der Waals surface area (Å²) in [5, 5.41) is 8.86. The molecular formula is C16H15FN2O2. The standard InChI is InChI=1S/C16H15FN2O2/c1-10(2)13-7-12(17)8-14(16(13)21-9-18)11-4-5-19-15(6-11)20-3/h4-8,10H,1-3H3. The minimum absolute atomic E-state index is 0.0199. The van der Waals surface area contributed by atoms with E-state index in [9.17, 15) is 4.39 Å². The summed E-state index contributed by atoms with van der Waals surface area (Å²) >= 11 is 0. The van der Waals surface area contributed by atoms with Crippen molar-refractivity contribution in [1.29, 1.82) is 5.26 Å². The average molecular weight is 286 g/mol. The fraction of sp³-hybridized carbons (Fsp3) is 0.250. The van der Waals surface area contributed by atoms with E-state index in [-0.39, 0.29) is 11.7 Å². The normalized spacial score (nSPS) is 10.3. The second kappa shape index (κ2) is 6.23. The highest BCUT2D eigenvalue weighted by Crippen LogP contribution is 2.38. The predicted molar refractivity (Wildman–Crippen MR) is 76.5 cm³/mol. The molecule has 0 aliphatic rings. The molecule has 0 aliphatic carbocycles. The van der Waals surface area contributed by atoms with Gasteiger partial charge in [0.15, 0.2) is 5.75 Å². The highest BCUT2D eigenvalue weighted by Gasteiger charge is 2.17. The molecular weight excluding hydrogens is 271 g/mol. The molecule has 1 aromatic carbocycles. The number of hydrogen-bond donors (Lipinski definition) is 0. The third kappa shape index (κ3) is 3.11. The van der Waals surface area contributed by atoms with Crippen molar-refractivity contribution in [3.05, 3.63) is 41.8 Å². The van der Waals surface area contributed by atoms with Crippen molar-refractivity contribution in [3.8, 4) is 29.0 Å². The zero-order valence-corrected chi connectivity index (χ0v) is 12.1. The SMILES string of the molecule is COc1cc(-c2cc(F)cc(C(C)C)c2OC#N)ccn1. The van der Waals surface area contributed by atoms with Gasteiger partial charge in [0.1, 0.15) is 5.82 Å². The molecule has 2 aromatic rings. The smallest absolute Gasteiger partial charge is 0.292 e. The van der Waals surface area contributed by atoms with Crippen molar-refractivity contribution >= 4 is 0 Å². The van der Waals surface area contributed by atoms with Crippen LogP contribution in [-0.4, -0.2) is 12.1 Å². The Balaban J connectivity index is 2.68. The summed E-state index contributed by atoms with van der Waals surface area (Å²) in [6, 6.07) is 6.11. The number of ether oxygens (including phenoxy) is 2. The van der Waals surface area contributed by atoms with E-state index in [1.54, 1.807) is 24.6 Å². The van der Waals surface area contributed by atoms with E-state index in [0.29, 0.717) is 28.3 Å². The summed E-state index contributed by atoms with van der Waals surface area (Å²) in [6.45, 7) is 3.83. The fourth-order valence-corrected chi connectivity index (χ4v) is 2.11. The molecule has 0 spiro atoms.